The average molecular weight is 259 g/mol. The van der Waals surface area contributed by atoms with Gasteiger partial charge in [-0.2, -0.15) is 13.1 Å². The van der Waals surface area contributed by atoms with Crippen LogP contribution in [0.15, 0.2) is 0 Å². The Morgan fingerprint density at radius 3 is 2.00 bits per heavy atom. The molecule has 0 aromatic rings. The first kappa shape index (κ1) is 15.4. The highest BCUT2D eigenvalue weighted by molar-refractivity contribution is 7.83. The van der Waals surface area contributed by atoms with Gasteiger partial charge in [-0.05, 0) is 0 Å². The Labute approximate surface area is 91.2 Å². The molecule has 0 heterocycles. The number of hydrogen-bond acceptors (Lipinski definition) is 7. The number of hydrogen-bond donors (Lipinski definition) is 6. The highest BCUT2D eigenvalue weighted by Crippen LogP contribution is 2.04. The number of aldehydes is 1. The second kappa shape index (κ2) is 6.20. The summed E-state index contributed by atoms with van der Waals surface area (Å²) in [5, 5.41) is 35.8. The predicted molar refractivity (Wildman–Crippen MR) is 49.6 cm³/mol. The lowest BCUT2D eigenvalue weighted by Gasteiger charge is -2.25. The Hall–Kier alpha value is -0.620. The van der Waals surface area contributed by atoms with E-state index in [1.165, 1.54) is 4.72 Å². The van der Waals surface area contributed by atoms with Crippen molar-refractivity contribution in [2.24, 2.45) is 0 Å². The van der Waals surface area contributed by atoms with Gasteiger partial charge in [0.25, 0.3) is 0 Å². The van der Waals surface area contributed by atoms with Crippen molar-refractivity contribution in [2.75, 3.05) is 6.61 Å². The second-order valence-electron chi connectivity index (χ2n) is 2.99. The van der Waals surface area contributed by atoms with E-state index >= 15 is 0 Å². The monoisotopic (exact) mass is 259 g/mol. The number of rotatable bonds is 7. The molecule has 16 heavy (non-hydrogen) atoms. The molecule has 10 heteroatoms. The van der Waals surface area contributed by atoms with Crippen LogP contribution >= 0.6 is 0 Å². The molecule has 0 radical (unpaired) electrons. The van der Waals surface area contributed by atoms with Gasteiger partial charge < -0.3 is 25.2 Å². The third-order valence-electron chi connectivity index (χ3n) is 1.73. The Morgan fingerprint density at radius 1 is 1.19 bits per heavy atom. The zero-order chi connectivity index (χ0) is 12.9. The molecule has 0 amide bonds. The minimum atomic E-state index is -4.74. The maximum Gasteiger partial charge on any atom is 0.334 e. The molecule has 96 valence electrons. The van der Waals surface area contributed by atoms with E-state index < -0.39 is 41.3 Å². The van der Waals surface area contributed by atoms with Crippen molar-refractivity contribution in [3.63, 3.8) is 0 Å². The highest BCUT2D eigenvalue weighted by atomic mass is 32.2. The Bertz CT molecular complexity index is 316. The van der Waals surface area contributed by atoms with Gasteiger partial charge in [0.2, 0.25) is 0 Å². The SMILES string of the molecule is O=C[C@H](NS(=O)(=O)O)[C@@H](O)[C@@H](O)[C@H](O)CO. The summed E-state index contributed by atoms with van der Waals surface area (Å²) in [6.45, 7) is -0.893. The number of carbonyl (C=O) groups excluding carboxylic acids is 1. The van der Waals surface area contributed by atoms with Crippen LogP contribution in [0.25, 0.3) is 0 Å². The van der Waals surface area contributed by atoms with Crippen LogP contribution in [0.3, 0.4) is 0 Å². The minimum Gasteiger partial charge on any atom is -0.394 e. The molecule has 0 aliphatic carbocycles. The third-order valence-corrected chi connectivity index (χ3v) is 2.30. The van der Waals surface area contributed by atoms with Crippen molar-refractivity contribution in [3.05, 3.63) is 0 Å². The molecule has 0 spiro atoms. The number of carbonyl (C=O) groups is 1. The molecule has 0 aromatic carbocycles. The van der Waals surface area contributed by atoms with E-state index in [0.717, 1.165) is 0 Å². The van der Waals surface area contributed by atoms with Gasteiger partial charge in [-0.25, -0.2) is 0 Å². The molecule has 0 unspecified atom stereocenters. The van der Waals surface area contributed by atoms with Gasteiger partial charge in [-0.1, -0.05) is 0 Å². The maximum atomic E-state index is 10.4. The molecular formula is C6H13NO8S. The van der Waals surface area contributed by atoms with Gasteiger partial charge >= 0.3 is 10.3 Å². The topological polar surface area (TPSA) is 164 Å². The zero-order valence-corrected chi connectivity index (χ0v) is 8.78. The van der Waals surface area contributed by atoms with Crippen LogP contribution in [-0.2, 0) is 15.1 Å². The summed E-state index contributed by atoms with van der Waals surface area (Å²) in [6.07, 6.45) is -5.79. The quantitative estimate of drug-likeness (QED) is 0.199. The Kier molecular flexibility index (Phi) is 5.96. The number of nitrogens with one attached hydrogen (secondary N) is 1. The van der Waals surface area contributed by atoms with Crippen LogP contribution in [0.5, 0.6) is 0 Å². The molecule has 0 fully saturated rings. The van der Waals surface area contributed by atoms with E-state index in [2.05, 4.69) is 0 Å². The normalized spacial score (nSPS) is 19.8. The van der Waals surface area contributed by atoms with Crippen molar-refractivity contribution in [1.29, 1.82) is 0 Å². The predicted octanol–water partition coefficient (Wildman–Crippen LogP) is -3.98. The summed E-state index contributed by atoms with van der Waals surface area (Å²) >= 11 is 0. The first-order valence-corrected chi connectivity index (χ1v) is 5.52. The first-order valence-electron chi connectivity index (χ1n) is 4.08. The number of aliphatic hydroxyl groups excluding tert-OH is 4. The fourth-order valence-corrected chi connectivity index (χ4v) is 1.44. The van der Waals surface area contributed by atoms with E-state index in [1.807, 2.05) is 0 Å². The van der Waals surface area contributed by atoms with E-state index in [1.54, 1.807) is 0 Å². The van der Waals surface area contributed by atoms with Crippen molar-refractivity contribution in [3.8, 4) is 0 Å². The van der Waals surface area contributed by atoms with Crippen LogP contribution in [0.2, 0.25) is 0 Å². The molecule has 0 saturated heterocycles. The molecule has 0 aliphatic heterocycles. The summed E-state index contributed by atoms with van der Waals surface area (Å²) in [7, 11) is -4.74. The van der Waals surface area contributed by atoms with Gasteiger partial charge in [-0.15, -0.1) is 0 Å². The lowest BCUT2D eigenvalue weighted by atomic mass is 10.0. The fraction of sp³-hybridized carbons (Fsp3) is 0.833. The van der Waals surface area contributed by atoms with E-state index in [4.69, 9.17) is 19.9 Å². The summed E-state index contributed by atoms with van der Waals surface area (Å²) < 4.78 is 30.4. The largest absolute Gasteiger partial charge is 0.394 e. The minimum absolute atomic E-state index is 0.0776. The lowest BCUT2D eigenvalue weighted by molar-refractivity contribution is -0.119. The molecule has 0 bridgehead atoms. The fourth-order valence-electron chi connectivity index (χ4n) is 0.898. The van der Waals surface area contributed by atoms with Crippen molar-refractivity contribution in [2.45, 2.75) is 24.4 Å². The van der Waals surface area contributed by atoms with Crippen molar-refractivity contribution in [1.82, 2.24) is 4.72 Å². The van der Waals surface area contributed by atoms with Crippen LogP contribution in [0.1, 0.15) is 0 Å². The van der Waals surface area contributed by atoms with E-state index in [-0.39, 0.29) is 6.29 Å². The van der Waals surface area contributed by atoms with Gasteiger partial charge in [0.1, 0.15) is 30.6 Å². The third kappa shape index (κ3) is 4.94. The number of aliphatic hydroxyl groups is 4. The smallest absolute Gasteiger partial charge is 0.334 e. The first-order chi connectivity index (χ1) is 7.22. The van der Waals surface area contributed by atoms with E-state index in [0.29, 0.717) is 0 Å². The molecule has 0 aromatic heterocycles. The van der Waals surface area contributed by atoms with Gasteiger partial charge in [0.05, 0.1) is 6.61 Å². The van der Waals surface area contributed by atoms with Crippen LogP contribution in [0.4, 0.5) is 0 Å². The van der Waals surface area contributed by atoms with E-state index in [9.17, 15) is 18.3 Å². The van der Waals surface area contributed by atoms with Gasteiger partial charge in [-0.3, -0.25) is 4.55 Å². The summed E-state index contributed by atoms with van der Waals surface area (Å²) in [5.74, 6) is 0. The van der Waals surface area contributed by atoms with Gasteiger partial charge in [0.15, 0.2) is 0 Å². The van der Waals surface area contributed by atoms with Gasteiger partial charge in [0, 0.05) is 0 Å². The van der Waals surface area contributed by atoms with Crippen LogP contribution in [0, 0.1) is 0 Å². The molecule has 9 nitrogen and oxygen atoms in total. The molecule has 0 rings (SSSR count). The lowest BCUT2D eigenvalue weighted by Crippen LogP contribution is -2.53. The Morgan fingerprint density at radius 2 is 1.69 bits per heavy atom. The van der Waals surface area contributed by atoms with Crippen LogP contribution < -0.4 is 4.72 Å². The molecule has 0 saturated carbocycles. The van der Waals surface area contributed by atoms with Crippen molar-refractivity contribution >= 4 is 16.6 Å². The molecular weight excluding hydrogens is 246 g/mol. The summed E-state index contributed by atoms with van der Waals surface area (Å²) in [5.41, 5.74) is 0. The van der Waals surface area contributed by atoms with Crippen molar-refractivity contribution < 1.29 is 38.2 Å². The van der Waals surface area contributed by atoms with Crippen LogP contribution in [-0.4, -0.2) is 70.6 Å². The molecule has 0 aliphatic rings. The summed E-state index contributed by atoms with van der Waals surface area (Å²) in [6, 6.07) is -1.84. The standard InChI is InChI=1S/C6H13NO8S/c8-1-3(7-16(13,14)15)5(11)6(12)4(10)2-9/h1,3-7,9-12H,2H2,(H,13,14,15)/t3-,4+,5+,6-/m0/s1. The summed E-state index contributed by atoms with van der Waals surface area (Å²) in [4.78, 5) is 10.4. The maximum absolute atomic E-state index is 10.4. The molecule has 6 N–H and O–H groups in total. The average Bonchev–Trinajstić information content (AvgIpc) is 2.21. The zero-order valence-electron chi connectivity index (χ0n) is 7.96. The Balaban J connectivity index is 4.65. The molecule has 4 atom stereocenters. The second-order valence-corrected chi connectivity index (χ2v) is 4.17. The highest BCUT2D eigenvalue weighted by Gasteiger charge is 2.32.